The lowest BCUT2D eigenvalue weighted by molar-refractivity contribution is -0.275. The van der Waals surface area contributed by atoms with Crippen molar-refractivity contribution in [1.82, 2.24) is 14.7 Å². The molecule has 0 bridgehead atoms. The molecule has 2 fully saturated rings. The topological polar surface area (TPSA) is 59.1 Å². The van der Waals surface area contributed by atoms with E-state index in [2.05, 4.69) is 9.64 Å². The second-order valence-electron chi connectivity index (χ2n) is 7.00. The molecule has 2 aliphatic rings. The van der Waals surface area contributed by atoms with Gasteiger partial charge in [0, 0.05) is 44.8 Å². The van der Waals surface area contributed by atoms with Crippen molar-refractivity contribution in [3.63, 3.8) is 0 Å². The maximum atomic E-state index is 12.9. The molecule has 1 amide bonds. The van der Waals surface area contributed by atoms with Crippen molar-refractivity contribution < 1.29 is 27.8 Å². The predicted octanol–water partition coefficient (Wildman–Crippen LogP) is 1.64. The van der Waals surface area contributed by atoms with E-state index in [1.54, 1.807) is 6.07 Å². The van der Waals surface area contributed by atoms with Crippen molar-refractivity contribution in [3.8, 4) is 5.75 Å². The van der Waals surface area contributed by atoms with Gasteiger partial charge in [-0.1, -0.05) is 12.1 Å². The van der Waals surface area contributed by atoms with Gasteiger partial charge < -0.3 is 19.5 Å². The Morgan fingerprint density at radius 2 is 1.63 bits per heavy atom. The summed E-state index contributed by atoms with van der Waals surface area (Å²) in [6, 6.07) is 4.99. The summed E-state index contributed by atoms with van der Waals surface area (Å²) in [5, 5.41) is 10.9. The lowest BCUT2D eigenvalue weighted by atomic mass is 10.1. The van der Waals surface area contributed by atoms with Gasteiger partial charge in [0.15, 0.2) is 0 Å². The van der Waals surface area contributed by atoms with Crippen molar-refractivity contribution >= 4 is 6.09 Å². The molecule has 2 saturated heterocycles. The van der Waals surface area contributed by atoms with Crippen LogP contribution in [-0.2, 0) is 13.1 Å². The number of piperazine rings is 1. The molecule has 6 nitrogen and oxygen atoms in total. The normalized spacial score (nSPS) is 19.4. The Bertz CT molecular complexity index is 655. The number of carbonyl (C=O) groups excluding carboxylic acids is 1. The molecule has 0 spiro atoms. The number of hydrogen-bond donors (Lipinski definition) is 0. The third-order valence-electron chi connectivity index (χ3n) is 4.99. The molecule has 1 aromatic rings. The lowest BCUT2D eigenvalue weighted by Gasteiger charge is -2.36. The van der Waals surface area contributed by atoms with Crippen LogP contribution in [0.15, 0.2) is 18.2 Å². The Labute approximate surface area is 156 Å². The Kier molecular flexibility index (Phi) is 6.11. The maximum absolute atomic E-state index is 12.9. The van der Waals surface area contributed by atoms with E-state index in [1.165, 1.54) is 11.0 Å². The third kappa shape index (κ3) is 5.74. The number of amides is 1. The van der Waals surface area contributed by atoms with Crippen LogP contribution in [-0.4, -0.2) is 66.4 Å². The summed E-state index contributed by atoms with van der Waals surface area (Å²) >= 11 is 0. The highest BCUT2D eigenvalue weighted by Crippen LogP contribution is 2.29. The summed E-state index contributed by atoms with van der Waals surface area (Å²) in [6.45, 7) is 4.24. The molecule has 0 unspecified atom stereocenters. The fourth-order valence-corrected chi connectivity index (χ4v) is 3.58. The average molecular weight is 386 g/mol. The Balaban J connectivity index is 1.70. The van der Waals surface area contributed by atoms with Crippen LogP contribution in [0.2, 0.25) is 0 Å². The quantitative estimate of drug-likeness (QED) is 0.770. The Hall–Kier alpha value is -2.00. The zero-order valence-corrected chi connectivity index (χ0v) is 15.0. The van der Waals surface area contributed by atoms with Gasteiger partial charge in [-0.3, -0.25) is 9.80 Å². The largest absolute Gasteiger partial charge is 0.573 e. The van der Waals surface area contributed by atoms with Crippen LogP contribution in [0.1, 0.15) is 24.0 Å². The van der Waals surface area contributed by atoms with Gasteiger partial charge in [-0.05, 0) is 37.6 Å². The van der Waals surface area contributed by atoms with Gasteiger partial charge in [0.2, 0.25) is 0 Å². The zero-order valence-electron chi connectivity index (χ0n) is 15.0. The van der Waals surface area contributed by atoms with Gasteiger partial charge in [0.1, 0.15) is 11.8 Å². The molecule has 2 heterocycles. The molecule has 0 saturated carbocycles. The highest BCUT2D eigenvalue weighted by Gasteiger charge is 2.32. The standard InChI is InChI=1S/C18H24F3N3O3/c19-18(20,21)27-16-11-14(12-22-5-1-2-6-22)3-4-15(16)13-23-7-9-24(10-8-23)17(25)26/h3-4,11H,1-2,5-10,12-13H2,(H,25,26)/p-1. The number of carbonyl (C=O) groups is 1. The van der Waals surface area contributed by atoms with Gasteiger partial charge in [-0.2, -0.15) is 0 Å². The zero-order chi connectivity index (χ0) is 19.4. The van der Waals surface area contributed by atoms with Gasteiger partial charge in [0.05, 0.1) is 0 Å². The van der Waals surface area contributed by atoms with Crippen LogP contribution in [0, 0.1) is 0 Å². The average Bonchev–Trinajstić information content (AvgIpc) is 3.09. The summed E-state index contributed by atoms with van der Waals surface area (Å²) < 4.78 is 42.8. The minimum absolute atomic E-state index is 0.179. The molecular weight excluding hydrogens is 363 g/mol. The number of halogens is 3. The molecule has 0 aromatic heterocycles. The first-order valence-corrected chi connectivity index (χ1v) is 9.08. The van der Waals surface area contributed by atoms with Gasteiger partial charge in [0.25, 0.3) is 0 Å². The van der Waals surface area contributed by atoms with E-state index in [0.29, 0.717) is 25.2 Å². The smallest absolute Gasteiger partial charge is 0.530 e. The monoisotopic (exact) mass is 386 g/mol. The van der Waals surface area contributed by atoms with Crippen LogP contribution in [0.25, 0.3) is 0 Å². The molecule has 2 aliphatic heterocycles. The minimum atomic E-state index is -4.76. The van der Waals surface area contributed by atoms with Gasteiger partial charge >= 0.3 is 6.36 Å². The number of likely N-dealkylation sites (tertiary alicyclic amines) is 1. The highest BCUT2D eigenvalue weighted by molar-refractivity contribution is 5.62. The molecule has 150 valence electrons. The van der Waals surface area contributed by atoms with Crippen LogP contribution < -0.4 is 9.84 Å². The molecule has 27 heavy (non-hydrogen) atoms. The Morgan fingerprint density at radius 1 is 1.00 bits per heavy atom. The number of hydrogen-bond acceptors (Lipinski definition) is 5. The van der Waals surface area contributed by atoms with Crippen molar-refractivity contribution in [2.75, 3.05) is 39.3 Å². The van der Waals surface area contributed by atoms with Crippen molar-refractivity contribution in [2.45, 2.75) is 32.3 Å². The number of carboxylic acid groups (broad SMARTS) is 1. The van der Waals surface area contributed by atoms with E-state index in [-0.39, 0.29) is 25.4 Å². The van der Waals surface area contributed by atoms with Crippen LogP contribution in [0.4, 0.5) is 18.0 Å². The van der Waals surface area contributed by atoms with E-state index in [1.807, 2.05) is 11.0 Å². The van der Waals surface area contributed by atoms with E-state index >= 15 is 0 Å². The molecule has 0 atom stereocenters. The van der Waals surface area contributed by atoms with E-state index in [4.69, 9.17) is 0 Å². The van der Waals surface area contributed by atoms with Crippen molar-refractivity contribution in [2.24, 2.45) is 0 Å². The first-order chi connectivity index (χ1) is 12.8. The summed E-state index contributed by atoms with van der Waals surface area (Å²) in [5.41, 5.74) is 1.24. The third-order valence-corrected chi connectivity index (χ3v) is 4.99. The second-order valence-corrected chi connectivity index (χ2v) is 7.00. The molecule has 1 aromatic carbocycles. The summed E-state index contributed by atoms with van der Waals surface area (Å²) in [4.78, 5) is 16.2. The lowest BCUT2D eigenvalue weighted by Crippen LogP contribution is -2.52. The van der Waals surface area contributed by atoms with Crippen molar-refractivity contribution in [1.29, 1.82) is 0 Å². The Morgan fingerprint density at radius 3 is 2.22 bits per heavy atom. The SMILES string of the molecule is O=C([O-])N1CCN(Cc2ccc(CN3CCCC3)cc2OC(F)(F)F)CC1. The fourth-order valence-electron chi connectivity index (χ4n) is 3.58. The number of rotatable bonds is 5. The van der Waals surface area contributed by atoms with Crippen LogP contribution >= 0.6 is 0 Å². The molecule has 9 heteroatoms. The number of alkyl halides is 3. The van der Waals surface area contributed by atoms with E-state index in [0.717, 1.165) is 31.5 Å². The summed E-state index contributed by atoms with van der Waals surface area (Å²) in [5.74, 6) is -0.179. The van der Waals surface area contributed by atoms with Gasteiger partial charge in [-0.15, -0.1) is 13.2 Å². The van der Waals surface area contributed by atoms with E-state index < -0.39 is 12.5 Å². The molecular formula is C18H23F3N3O3-. The molecule has 0 N–H and O–H groups in total. The van der Waals surface area contributed by atoms with Crippen LogP contribution in [0.5, 0.6) is 5.75 Å². The number of ether oxygens (including phenoxy) is 1. The number of benzene rings is 1. The molecule has 0 radical (unpaired) electrons. The first kappa shape index (κ1) is 19.8. The summed E-state index contributed by atoms with van der Waals surface area (Å²) in [6.07, 6.45) is -3.75. The molecule has 0 aliphatic carbocycles. The molecule has 3 rings (SSSR count). The van der Waals surface area contributed by atoms with E-state index in [9.17, 15) is 23.1 Å². The maximum Gasteiger partial charge on any atom is 0.573 e. The van der Waals surface area contributed by atoms with Crippen molar-refractivity contribution in [3.05, 3.63) is 29.3 Å². The van der Waals surface area contributed by atoms with Crippen LogP contribution in [0.3, 0.4) is 0 Å². The predicted molar refractivity (Wildman–Crippen MR) is 89.9 cm³/mol. The highest BCUT2D eigenvalue weighted by atomic mass is 19.4. The fraction of sp³-hybridized carbons (Fsp3) is 0.611. The second kappa shape index (κ2) is 8.35. The number of nitrogens with zero attached hydrogens (tertiary/aromatic N) is 3. The van der Waals surface area contributed by atoms with Gasteiger partial charge in [-0.25, -0.2) is 0 Å². The first-order valence-electron chi connectivity index (χ1n) is 9.08. The minimum Gasteiger partial charge on any atom is -0.530 e. The summed E-state index contributed by atoms with van der Waals surface area (Å²) in [7, 11) is 0.